The van der Waals surface area contributed by atoms with Crippen LogP contribution in [-0.2, 0) is 28.3 Å². The highest BCUT2D eigenvalue weighted by atomic mass is 32.2. The van der Waals surface area contributed by atoms with Crippen LogP contribution in [0.4, 0.5) is 0 Å². The lowest BCUT2D eigenvalue weighted by Gasteiger charge is -2.35. The summed E-state index contributed by atoms with van der Waals surface area (Å²) in [4.78, 5) is 25.1. The van der Waals surface area contributed by atoms with Gasteiger partial charge in [-0.15, -0.1) is 0 Å². The number of hydrogen-bond donors (Lipinski definition) is 2. The van der Waals surface area contributed by atoms with Crippen LogP contribution in [-0.4, -0.2) is 31.0 Å². The monoisotopic (exact) mass is 485 g/mol. The van der Waals surface area contributed by atoms with E-state index in [1.54, 1.807) is 7.05 Å². The molecule has 1 saturated carbocycles. The lowest BCUT2D eigenvalue weighted by atomic mass is 9.78. The molecule has 0 aliphatic heterocycles. The van der Waals surface area contributed by atoms with Crippen LogP contribution >= 0.6 is 0 Å². The van der Waals surface area contributed by atoms with Gasteiger partial charge in [-0.05, 0) is 42.4 Å². The van der Waals surface area contributed by atoms with E-state index in [-0.39, 0.29) is 28.8 Å². The first-order chi connectivity index (χ1) is 16.2. The summed E-state index contributed by atoms with van der Waals surface area (Å²) in [5, 5.41) is 3.10. The molecule has 1 amide bonds. The lowest BCUT2D eigenvalue weighted by molar-refractivity contribution is -0.124. The number of oxazole rings is 1. The van der Waals surface area contributed by atoms with E-state index in [2.05, 4.69) is 23.9 Å². The summed E-state index contributed by atoms with van der Waals surface area (Å²) < 4.78 is 35.6. The molecule has 0 bridgehead atoms. The summed E-state index contributed by atoms with van der Waals surface area (Å²) >= 11 is 0. The van der Waals surface area contributed by atoms with Crippen molar-refractivity contribution in [2.75, 3.05) is 0 Å². The van der Waals surface area contributed by atoms with Crippen molar-refractivity contribution in [1.29, 1.82) is 0 Å². The Morgan fingerprint density at radius 3 is 2.62 bits per heavy atom. The summed E-state index contributed by atoms with van der Waals surface area (Å²) in [6.45, 7) is 4.32. The molecule has 8 nitrogen and oxygen atoms in total. The van der Waals surface area contributed by atoms with E-state index >= 15 is 0 Å². The molecule has 4 rings (SSSR count). The standard InChI is InChI=1S/C25H31N3O5S/c1-16-8-7-11-20(17(16)2)26-24(29)21(14-18-9-5-4-6-10-18)27-34(31,32)19-12-13-22-23(15-19)33-25(30)28(22)3/h4-6,9-10,12-13,15-17,20-21,27H,7-8,11,14H2,1-3H3,(H,26,29)/t16-,17+,20+,21-/m1/s1. The van der Waals surface area contributed by atoms with Gasteiger partial charge < -0.3 is 9.73 Å². The van der Waals surface area contributed by atoms with Crippen LogP contribution < -0.4 is 15.8 Å². The Morgan fingerprint density at radius 2 is 1.88 bits per heavy atom. The summed E-state index contributed by atoms with van der Waals surface area (Å²) in [7, 11) is -2.52. The molecule has 2 N–H and O–H groups in total. The van der Waals surface area contributed by atoms with Crippen molar-refractivity contribution < 1.29 is 17.6 Å². The normalized spacial score (nSPS) is 21.9. The maximum Gasteiger partial charge on any atom is 0.419 e. The fourth-order valence-corrected chi connectivity index (χ4v) is 5.85. The average Bonchev–Trinajstić information content (AvgIpc) is 3.10. The Morgan fingerprint density at radius 1 is 1.15 bits per heavy atom. The summed E-state index contributed by atoms with van der Waals surface area (Å²) in [5.41, 5.74) is 1.51. The lowest BCUT2D eigenvalue weighted by Crippen LogP contribution is -2.53. The van der Waals surface area contributed by atoms with Crippen LogP contribution in [0.25, 0.3) is 11.1 Å². The second-order valence-corrected chi connectivity index (χ2v) is 11.0. The molecule has 0 radical (unpaired) electrons. The third-order valence-corrected chi connectivity index (χ3v) is 8.47. The minimum atomic E-state index is -4.07. The molecular formula is C25H31N3O5S. The third kappa shape index (κ3) is 5.10. The number of sulfonamides is 1. The predicted octanol–water partition coefficient (Wildman–Crippen LogP) is 2.96. The number of carbonyl (C=O) groups excluding carboxylic acids is 1. The minimum Gasteiger partial charge on any atom is -0.408 e. The SMILES string of the molecule is C[C@H]1[C@H](C)CCC[C@@H]1NC(=O)[C@@H](Cc1ccccc1)NS(=O)(=O)c1ccc2c(c1)oc(=O)n2C. The molecule has 1 aliphatic carbocycles. The topological polar surface area (TPSA) is 110 Å². The first kappa shape index (κ1) is 24.2. The number of aromatic nitrogens is 1. The van der Waals surface area contributed by atoms with Gasteiger partial charge in [0, 0.05) is 19.2 Å². The number of aryl methyl sites for hydroxylation is 1. The Balaban J connectivity index is 1.60. The van der Waals surface area contributed by atoms with E-state index in [0.717, 1.165) is 24.8 Å². The number of benzene rings is 2. The largest absolute Gasteiger partial charge is 0.419 e. The first-order valence-electron chi connectivity index (χ1n) is 11.6. The number of amides is 1. The molecule has 0 unspecified atom stereocenters. The Hall–Kier alpha value is -2.91. The highest BCUT2D eigenvalue weighted by Crippen LogP contribution is 2.29. The van der Waals surface area contributed by atoms with Crippen LogP contribution in [0, 0.1) is 11.8 Å². The molecule has 3 aromatic rings. The van der Waals surface area contributed by atoms with Crippen molar-refractivity contribution in [3.05, 3.63) is 64.6 Å². The molecule has 4 atom stereocenters. The molecule has 2 aromatic carbocycles. The number of carbonyl (C=O) groups is 1. The van der Waals surface area contributed by atoms with Crippen molar-refractivity contribution in [3.8, 4) is 0 Å². The highest BCUT2D eigenvalue weighted by Gasteiger charge is 2.32. The fourth-order valence-electron chi connectivity index (χ4n) is 4.64. The van der Waals surface area contributed by atoms with Crippen LogP contribution in [0.5, 0.6) is 0 Å². The number of hydrogen-bond acceptors (Lipinski definition) is 5. The maximum absolute atomic E-state index is 13.3. The quantitative estimate of drug-likeness (QED) is 0.535. The molecule has 0 saturated heterocycles. The van der Waals surface area contributed by atoms with Crippen molar-refractivity contribution in [1.82, 2.24) is 14.6 Å². The second-order valence-electron chi connectivity index (χ2n) is 9.30. The number of fused-ring (bicyclic) bond motifs is 1. The first-order valence-corrected chi connectivity index (χ1v) is 13.1. The number of rotatable bonds is 7. The number of nitrogens with zero attached hydrogens (tertiary/aromatic N) is 1. The van der Waals surface area contributed by atoms with E-state index in [9.17, 15) is 18.0 Å². The molecule has 1 aliphatic rings. The molecular weight excluding hydrogens is 454 g/mol. The zero-order valence-corrected chi connectivity index (χ0v) is 20.5. The fraction of sp³-hybridized carbons (Fsp3) is 0.440. The van der Waals surface area contributed by atoms with E-state index in [1.165, 1.54) is 22.8 Å². The van der Waals surface area contributed by atoms with Crippen molar-refractivity contribution >= 4 is 27.0 Å². The van der Waals surface area contributed by atoms with E-state index in [4.69, 9.17) is 4.42 Å². The Kier molecular flexibility index (Phi) is 6.95. The maximum atomic E-state index is 13.3. The summed E-state index contributed by atoms with van der Waals surface area (Å²) in [6, 6.07) is 12.6. The van der Waals surface area contributed by atoms with Gasteiger partial charge in [-0.25, -0.2) is 13.2 Å². The van der Waals surface area contributed by atoms with E-state index in [0.29, 0.717) is 17.4 Å². The molecule has 1 fully saturated rings. The average molecular weight is 486 g/mol. The van der Waals surface area contributed by atoms with Crippen molar-refractivity contribution in [2.24, 2.45) is 18.9 Å². The van der Waals surface area contributed by atoms with Crippen LogP contribution in [0.15, 0.2) is 62.6 Å². The van der Waals surface area contributed by atoms with Gasteiger partial charge in [-0.2, -0.15) is 4.72 Å². The van der Waals surface area contributed by atoms with Gasteiger partial charge in [0.2, 0.25) is 15.9 Å². The molecule has 0 spiro atoms. The summed E-state index contributed by atoms with van der Waals surface area (Å²) in [6.07, 6.45) is 3.26. The van der Waals surface area contributed by atoms with Crippen molar-refractivity contribution in [3.63, 3.8) is 0 Å². The van der Waals surface area contributed by atoms with E-state index in [1.807, 2.05) is 30.3 Å². The third-order valence-electron chi connectivity index (χ3n) is 7.01. The van der Waals surface area contributed by atoms with Crippen LogP contribution in [0.2, 0.25) is 0 Å². The smallest absolute Gasteiger partial charge is 0.408 e. The zero-order chi connectivity index (χ0) is 24.5. The number of nitrogens with one attached hydrogen (secondary N) is 2. The minimum absolute atomic E-state index is 0.00831. The van der Waals surface area contributed by atoms with Gasteiger partial charge in [0.1, 0.15) is 6.04 Å². The zero-order valence-electron chi connectivity index (χ0n) is 19.7. The van der Waals surface area contributed by atoms with Crippen molar-refractivity contribution in [2.45, 2.75) is 56.5 Å². The van der Waals surface area contributed by atoms with Crippen LogP contribution in [0.1, 0.15) is 38.7 Å². The molecule has 1 aromatic heterocycles. The Bertz CT molecular complexity index is 1330. The highest BCUT2D eigenvalue weighted by molar-refractivity contribution is 7.89. The van der Waals surface area contributed by atoms with E-state index < -0.39 is 21.8 Å². The molecule has 9 heteroatoms. The second kappa shape index (κ2) is 9.76. The molecule has 34 heavy (non-hydrogen) atoms. The van der Waals surface area contributed by atoms with Gasteiger partial charge >= 0.3 is 5.76 Å². The van der Waals surface area contributed by atoms with Gasteiger partial charge in [0.05, 0.1) is 10.4 Å². The predicted molar refractivity (Wildman–Crippen MR) is 130 cm³/mol. The molecule has 1 heterocycles. The van der Waals surface area contributed by atoms with Gasteiger partial charge in [0.25, 0.3) is 0 Å². The van der Waals surface area contributed by atoms with Gasteiger partial charge in [-0.3, -0.25) is 9.36 Å². The van der Waals surface area contributed by atoms with Gasteiger partial charge in [-0.1, -0.05) is 57.0 Å². The van der Waals surface area contributed by atoms with Crippen LogP contribution in [0.3, 0.4) is 0 Å². The van der Waals surface area contributed by atoms with Gasteiger partial charge in [0.15, 0.2) is 5.58 Å². The Labute approximate surface area is 199 Å². The molecule has 182 valence electrons. The summed E-state index contributed by atoms with van der Waals surface area (Å²) in [5.74, 6) is -0.106.